The topological polar surface area (TPSA) is 105 Å². The van der Waals surface area contributed by atoms with E-state index in [4.69, 9.17) is 9.84 Å². The van der Waals surface area contributed by atoms with Gasteiger partial charge in [0.25, 0.3) is 5.56 Å². The van der Waals surface area contributed by atoms with E-state index in [9.17, 15) is 14.7 Å². The van der Waals surface area contributed by atoms with Crippen LogP contribution >= 0.6 is 22.6 Å². The highest BCUT2D eigenvalue weighted by Crippen LogP contribution is 2.27. The van der Waals surface area contributed by atoms with Crippen molar-refractivity contribution in [2.24, 2.45) is 0 Å². The third kappa shape index (κ3) is 2.44. The number of ether oxygens (including phenoxy) is 1. The van der Waals surface area contributed by atoms with Crippen molar-refractivity contribution >= 4 is 22.6 Å². The van der Waals surface area contributed by atoms with Crippen LogP contribution in [0.1, 0.15) is 12.6 Å². The molecule has 0 unspecified atom stereocenters. The van der Waals surface area contributed by atoms with Crippen molar-refractivity contribution in [3.63, 3.8) is 0 Å². The van der Waals surface area contributed by atoms with Crippen LogP contribution in [0.2, 0.25) is 0 Å². The lowest BCUT2D eigenvalue weighted by molar-refractivity contribution is -0.0459. The summed E-state index contributed by atoms with van der Waals surface area (Å²) in [6, 6.07) is 0. The number of nitrogens with one attached hydrogen (secondary N) is 1. The molecule has 0 spiro atoms. The van der Waals surface area contributed by atoms with E-state index in [0.29, 0.717) is 3.57 Å². The van der Waals surface area contributed by atoms with Gasteiger partial charge in [0.15, 0.2) is 0 Å². The maximum absolute atomic E-state index is 11.6. The SMILES string of the molecule is O=c1[nH]c(=O)n([C@H]2C[C@H](O)[C@H](CO)O2)cc1I. The Morgan fingerprint density at radius 1 is 1.59 bits per heavy atom. The predicted octanol–water partition coefficient (Wildman–Crippen LogP) is -1.22. The van der Waals surface area contributed by atoms with E-state index in [2.05, 4.69) is 4.98 Å². The Hall–Kier alpha value is -0.710. The van der Waals surface area contributed by atoms with Gasteiger partial charge in [0.05, 0.1) is 16.3 Å². The summed E-state index contributed by atoms with van der Waals surface area (Å²) in [5.41, 5.74) is -1.05. The van der Waals surface area contributed by atoms with Gasteiger partial charge in [-0.05, 0) is 22.6 Å². The molecule has 3 N–H and O–H groups in total. The number of H-pyrrole nitrogens is 1. The number of hydrogen-bond donors (Lipinski definition) is 3. The minimum absolute atomic E-state index is 0.202. The van der Waals surface area contributed by atoms with Gasteiger partial charge >= 0.3 is 5.69 Å². The highest BCUT2D eigenvalue weighted by Gasteiger charge is 2.34. The average molecular weight is 354 g/mol. The molecule has 1 saturated heterocycles. The predicted molar refractivity (Wildman–Crippen MR) is 65.7 cm³/mol. The van der Waals surface area contributed by atoms with Gasteiger partial charge in [0, 0.05) is 12.6 Å². The van der Waals surface area contributed by atoms with Gasteiger partial charge in [0.1, 0.15) is 12.3 Å². The van der Waals surface area contributed by atoms with Crippen molar-refractivity contribution in [2.45, 2.75) is 24.9 Å². The molecule has 1 aliphatic rings. The van der Waals surface area contributed by atoms with E-state index in [0.717, 1.165) is 0 Å². The third-order valence-electron chi connectivity index (χ3n) is 2.62. The lowest BCUT2D eigenvalue weighted by atomic mass is 10.2. The normalized spacial score (nSPS) is 28.5. The monoisotopic (exact) mass is 354 g/mol. The third-order valence-corrected chi connectivity index (χ3v) is 3.39. The molecule has 94 valence electrons. The maximum Gasteiger partial charge on any atom is 0.330 e. The van der Waals surface area contributed by atoms with E-state index in [1.165, 1.54) is 10.8 Å². The lowest BCUT2D eigenvalue weighted by Crippen LogP contribution is -2.33. The van der Waals surface area contributed by atoms with Crippen LogP contribution in [0.25, 0.3) is 0 Å². The second kappa shape index (κ2) is 4.88. The molecule has 7 nitrogen and oxygen atoms in total. The van der Waals surface area contributed by atoms with E-state index >= 15 is 0 Å². The van der Waals surface area contributed by atoms with Crippen LogP contribution in [0.5, 0.6) is 0 Å². The molecule has 1 aromatic rings. The van der Waals surface area contributed by atoms with Crippen LogP contribution in [-0.4, -0.2) is 38.6 Å². The fourth-order valence-electron chi connectivity index (χ4n) is 1.72. The smallest absolute Gasteiger partial charge is 0.330 e. The first-order valence-corrected chi connectivity index (χ1v) is 6.06. The summed E-state index contributed by atoms with van der Waals surface area (Å²) in [5.74, 6) is 0. The van der Waals surface area contributed by atoms with Crippen molar-refractivity contribution in [2.75, 3.05) is 6.61 Å². The number of aliphatic hydroxyl groups excluding tert-OH is 2. The van der Waals surface area contributed by atoms with Gasteiger partial charge in [-0.3, -0.25) is 14.3 Å². The first-order valence-electron chi connectivity index (χ1n) is 4.98. The molecule has 0 aromatic carbocycles. The van der Waals surface area contributed by atoms with Crippen LogP contribution in [0.3, 0.4) is 0 Å². The van der Waals surface area contributed by atoms with Gasteiger partial charge in [0.2, 0.25) is 0 Å². The quantitative estimate of drug-likeness (QED) is 0.578. The summed E-state index contributed by atoms with van der Waals surface area (Å²) in [7, 11) is 0. The molecular formula is C9H11IN2O5. The van der Waals surface area contributed by atoms with Gasteiger partial charge < -0.3 is 14.9 Å². The molecular weight excluding hydrogens is 343 g/mol. The Balaban J connectivity index is 2.34. The summed E-state index contributed by atoms with van der Waals surface area (Å²) < 4.78 is 6.89. The Bertz CT molecular complexity index is 525. The second-order valence-corrected chi connectivity index (χ2v) is 4.92. The molecule has 0 radical (unpaired) electrons. The van der Waals surface area contributed by atoms with Gasteiger partial charge in [-0.1, -0.05) is 0 Å². The number of hydrogen-bond acceptors (Lipinski definition) is 5. The van der Waals surface area contributed by atoms with Crippen LogP contribution < -0.4 is 11.2 Å². The molecule has 1 fully saturated rings. The molecule has 0 aliphatic carbocycles. The molecule has 0 bridgehead atoms. The Morgan fingerprint density at radius 3 is 2.88 bits per heavy atom. The Kier molecular flexibility index (Phi) is 3.66. The second-order valence-electron chi connectivity index (χ2n) is 3.76. The first kappa shape index (κ1) is 12.7. The zero-order valence-corrected chi connectivity index (χ0v) is 10.8. The van der Waals surface area contributed by atoms with Crippen molar-refractivity contribution in [1.29, 1.82) is 0 Å². The van der Waals surface area contributed by atoms with E-state index in [-0.39, 0.29) is 13.0 Å². The van der Waals surface area contributed by atoms with Gasteiger partial charge in [-0.25, -0.2) is 4.79 Å². The van der Waals surface area contributed by atoms with Crippen molar-refractivity contribution < 1.29 is 14.9 Å². The molecule has 1 aromatic heterocycles. The summed E-state index contributed by atoms with van der Waals surface area (Å²) in [5, 5.41) is 18.5. The standard InChI is InChI=1S/C9H11IN2O5/c10-4-2-12(9(16)11-8(4)15)7-1-5(14)6(3-13)17-7/h2,5-7,13-14H,1,3H2,(H,11,15,16)/t5-,6-,7+/m0/s1. The molecule has 0 saturated carbocycles. The highest BCUT2D eigenvalue weighted by molar-refractivity contribution is 14.1. The fraction of sp³-hybridized carbons (Fsp3) is 0.556. The van der Waals surface area contributed by atoms with Crippen molar-refractivity contribution in [3.8, 4) is 0 Å². The molecule has 8 heteroatoms. The zero-order valence-electron chi connectivity index (χ0n) is 8.67. The van der Waals surface area contributed by atoms with Gasteiger partial charge in [-0.15, -0.1) is 0 Å². The average Bonchev–Trinajstić information content (AvgIpc) is 2.65. The van der Waals surface area contributed by atoms with E-state index in [1.54, 1.807) is 22.6 Å². The summed E-state index contributed by atoms with van der Waals surface area (Å²) in [6.45, 7) is -0.313. The zero-order chi connectivity index (χ0) is 12.6. The summed E-state index contributed by atoms with van der Waals surface area (Å²) >= 11 is 1.80. The molecule has 17 heavy (non-hydrogen) atoms. The van der Waals surface area contributed by atoms with Gasteiger partial charge in [-0.2, -0.15) is 0 Å². The van der Waals surface area contributed by atoms with E-state index < -0.39 is 29.7 Å². The largest absolute Gasteiger partial charge is 0.394 e. The fourth-order valence-corrected chi connectivity index (χ4v) is 2.16. The van der Waals surface area contributed by atoms with Crippen molar-refractivity contribution in [3.05, 3.63) is 30.6 Å². The van der Waals surface area contributed by atoms with Crippen molar-refractivity contribution in [1.82, 2.24) is 9.55 Å². The van der Waals surface area contributed by atoms with Crippen LogP contribution in [0, 0.1) is 3.57 Å². The molecule has 1 aliphatic heterocycles. The number of halogens is 1. The number of aromatic amines is 1. The number of aromatic nitrogens is 2. The first-order chi connectivity index (χ1) is 8.02. The van der Waals surface area contributed by atoms with E-state index in [1.807, 2.05) is 0 Å². The Labute approximate surface area is 109 Å². The number of rotatable bonds is 2. The molecule has 2 rings (SSSR count). The summed E-state index contributed by atoms with van der Waals surface area (Å²) in [4.78, 5) is 24.9. The Morgan fingerprint density at radius 2 is 2.29 bits per heavy atom. The number of nitrogens with zero attached hydrogens (tertiary/aromatic N) is 1. The number of aliphatic hydroxyl groups is 2. The summed E-state index contributed by atoms with van der Waals surface area (Å²) in [6.07, 6.45) is -0.607. The molecule has 0 amide bonds. The molecule has 2 heterocycles. The highest BCUT2D eigenvalue weighted by atomic mass is 127. The molecule has 3 atom stereocenters. The lowest BCUT2D eigenvalue weighted by Gasteiger charge is -2.14. The van der Waals surface area contributed by atoms with Crippen LogP contribution in [0.4, 0.5) is 0 Å². The minimum atomic E-state index is -0.818. The van der Waals surface area contributed by atoms with Crippen LogP contribution in [0.15, 0.2) is 15.8 Å². The van der Waals surface area contributed by atoms with Crippen LogP contribution in [-0.2, 0) is 4.74 Å². The maximum atomic E-state index is 11.6. The minimum Gasteiger partial charge on any atom is -0.394 e.